The van der Waals surface area contributed by atoms with Gasteiger partial charge in [0, 0.05) is 7.05 Å². The standard InChI is InChI=1S/C31H32N2O5S/c1-3-4-5-6-21-7-9-23(10-8-21)20-38-26-17-11-22(12-18-26)19-27-29(35)33(2)31(39-27)32-25-15-13-24(14-16-25)28(34)30(36)37/h7-19,28,34H,3-6,20H2,1-2H3,(H,36,37)/b27-19-,32-31-. The van der Waals surface area contributed by atoms with Crippen LogP contribution in [0.3, 0.4) is 0 Å². The van der Waals surface area contributed by atoms with Crippen LogP contribution in [0.2, 0.25) is 0 Å². The second-order valence-corrected chi connectivity index (χ2v) is 10.3. The van der Waals surface area contributed by atoms with E-state index in [4.69, 9.17) is 9.84 Å². The first kappa shape index (κ1) is 28.1. The normalized spacial score (nSPS) is 16.2. The van der Waals surface area contributed by atoms with Gasteiger partial charge in [-0.1, -0.05) is 68.3 Å². The van der Waals surface area contributed by atoms with E-state index in [1.165, 1.54) is 53.6 Å². The van der Waals surface area contributed by atoms with E-state index >= 15 is 0 Å². The van der Waals surface area contributed by atoms with E-state index in [1.54, 1.807) is 19.2 Å². The summed E-state index contributed by atoms with van der Waals surface area (Å²) < 4.78 is 5.94. The summed E-state index contributed by atoms with van der Waals surface area (Å²) in [5, 5.41) is 19.1. The van der Waals surface area contributed by atoms with Crippen LogP contribution in [0.1, 0.15) is 54.5 Å². The molecule has 1 aliphatic rings. The van der Waals surface area contributed by atoms with Gasteiger partial charge in [-0.25, -0.2) is 9.79 Å². The second kappa shape index (κ2) is 13.3. The van der Waals surface area contributed by atoms with Gasteiger partial charge in [0.2, 0.25) is 0 Å². The Labute approximate surface area is 232 Å². The monoisotopic (exact) mass is 544 g/mol. The molecule has 3 aromatic rings. The Morgan fingerprint density at radius 1 is 1.00 bits per heavy atom. The molecule has 1 saturated heterocycles. The zero-order valence-corrected chi connectivity index (χ0v) is 22.9. The Hall–Kier alpha value is -3.88. The molecule has 39 heavy (non-hydrogen) atoms. The number of aliphatic hydroxyl groups excluding tert-OH is 1. The third-order valence-electron chi connectivity index (χ3n) is 6.35. The number of aliphatic imine (C=N–C) groups is 1. The SMILES string of the molecule is CCCCCc1ccc(COc2ccc(/C=C3\S/C(=N\c4ccc(C(O)C(=O)O)cc4)N(C)C3=O)cc2)cc1. The molecular formula is C31H32N2O5S. The number of aryl methyl sites for hydroxylation is 1. The number of aliphatic carboxylic acids is 1. The summed E-state index contributed by atoms with van der Waals surface area (Å²) in [6.07, 6.45) is 5.05. The van der Waals surface area contributed by atoms with Gasteiger partial charge in [-0.2, -0.15) is 0 Å². The lowest BCUT2D eigenvalue weighted by Gasteiger charge is -2.08. The highest BCUT2D eigenvalue weighted by molar-refractivity contribution is 8.18. The van der Waals surface area contributed by atoms with Crippen molar-refractivity contribution in [2.75, 3.05) is 7.05 Å². The van der Waals surface area contributed by atoms with Crippen LogP contribution in [-0.2, 0) is 22.6 Å². The summed E-state index contributed by atoms with van der Waals surface area (Å²) in [7, 11) is 1.66. The van der Waals surface area contributed by atoms with Crippen molar-refractivity contribution >= 4 is 40.6 Å². The zero-order valence-electron chi connectivity index (χ0n) is 22.0. The topological polar surface area (TPSA) is 99.4 Å². The van der Waals surface area contributed by atoms with Crippen molar-refractivity contribution in [1.82, 2.24) is 4.90 Å². The maximum Gasteiger partial charge on any atom is 0.337 e. The van der Waals surface area contributed by atoms with Crippen molar-refractivity contribution in [2.45, 2.75) is 45.3 Å². The van der Waals surface area contributed by atoms with Crippen LogP contribution in [0, 0.1) is 0 Å². The minimum absolute atomic E-state index is 0.157. The highest BCUT2D eigenvalue weighted by atomic mass is 32.2. The molecule has 0 radical (unpaired) electrons. The number of carboxylic acids is 1. The van der Waals surface area contributed by atoms with Crippen molar-refractivity contribution in [1.29, 1.82) is 0 Å². The van der Waals surface area contributed by atoms with Crippen molar-refractivity contribution in [3.8, 4) is 5.75 Å². The molecule has 0 spiro atoms. The Bertz CT molecular complexity index is 1350. The third kappa shape index (κ3) is 7.59. The lowest BCUT2D eigenvalue weighted by Crippen LogP contribution is -2.23. The first-order valence-electron chi connectivity index (χ1n) is 12.9. The number of hydrogen-bond acceptors (Lipinski definition) is 6. The van der Waals surface area contributed by atoms with Crippen LogP contribution in [-0.4, -0.2) is 39.2 Å². The average Bonchev–Trinajstić information content (AvgIpc) is 3.21. The number of amidine groups is 1. The number of aliphatic hydroxyl groups is 1. The van der Waals surface area contributed by atoms with Gasteiger partial charge in [0.05, 0.1) is 10.6 Å². The fraction of sp³-hybridized carbons (Fsp3) is 0.258. The smallest absolute Gasteiger partial charge is 0.337 e. The fourth-order valence-electron chi connectivity index (χ4n) is 4.00. The predicted molar refractivity (Wildman–Crippen MR) is 155 cm³/mol. The first-order valence-corrected chi connectivity index (χ1v) is 13.7. The summed E-state index contributed by atoms with van der Waals surface area (Å²) in [5.41, 5.74) is 4.16. The molecule has 3 aromatic carbocycles. The van der Waals surface area contributed by atoms with Crippen molar-refractivity contribution in [3.63, 3.8) is 0 Å². The van der Waals surface area contributed by atoms with Gasteiger partial charge in [-0.15, -0.1) is 0 Å². The Morgan fingerprint density at radius 3 is 2.31 bits per heavy atom. The Kier molecular flexibility index (Phi) is 9.57. The summed E-state index contributed by atoms with van der Waals surface area (Å²) >= 11 is 1.26. The minimum atomic E-state index is -1.59. The molecule has 1 heterocycles. The molecule has 1 aliphatic heterocycles. The van der Waals surface area contributed by atoms with E-state index in [0.29, 0.717) is 22.4 Å². The van der Waals surface area contributed by atoms with E-state index in [-0.39, 0.29) is 11.5 Å². The van der Waals surface area contributed by atoms with Gasteiger partial charge < -0.3 is 14.9 Å². The van der Waals surface area contributed by atoms with Gasteiger partial charge in [0.1, 0.15) is 12.4 Å². The van der Waals surface area contributed by atoms with Crippen LogP contribution in [0.5, 0.6) is 5.75 Å². The minimum Gasteiger partial charge on any atom is -0.489 e. The number of thioether (sulfide) groups is 1. The van der Waals surface area contributed by atoms with Crippen LogP contribution in [0.15, 0.2) is 82.7 Å². The number of nitrogens with zero attached hydrogens (tertiary/aromatic N) is 2. The molecule has 202 valence electrons. The van der Waals surface area contributed by atoms with Crippen molar-refractivity contribution in [3.05, 3.63) is 100.0 Å². The van der Waals surface area contributed by atoms with Crippen LogP contribution < -0.4 is 4.74 Å². The van der Waals surface area contributed by atoms with E-state index < -0.39 is 12.1 Å². The lowest BCUT2D eigenvalue weighted by molar-refractivity contribution is -0.147. The summed E-state index contributed by atoms with van der Waals surface area (Å²) in [4.78, 5) is 30.3. The van der Waals surface area contributed by atoms with Gasteiger partial charge in [-0.3, -0.25) is 9.69 Å². The third-order valence-corrected chi connectivity index (χ3v) is 7.41. The average molecular weight is 545 g/mol. The molecule has 1 fully saturated rings. The molecule has 0 saturated carbocycles. The summed E-state index contributed by atoms with van der Waals surface area (Å²) in [5.74, 6) is -0.719. The number of rotatable bonds is 11. The number of carbonyl (C=O) groups is 2. The zero-order chi connectivity index (χ0) is 27.8. The van der Waals surface area contributed by atoms with E-state index in [2.05, 4.69) is 36.2 Å². The summed E-state index contributed by atoms with van der Waals surface area (Å²) in [6.45, 7) is 2.70. The van der Waals surface area contributed by atoms with Crippen LogP contribution in [0.4, 0.5) is 5.69 Å². The highest BCUT2D eigenvalue weighted by Crippen LogP contribution is 2.33. The highest BCUT2D eigenvalue weighted by Gasteiger charge is 2.30. The molecule has 1 atom stereocenters. The molecule has 8 heteroatoms. The van der Waals surface area contributed by atoms with Crippen LogP contribution in [0.25, 0.3) is 6.08 Å². The molecule has 7 nitrogen and oxygen atoms in total. The van der Waals surface area contributed by atoms with E-state index in [0.717, 1.165) is 23.3 Å². The second-order valence-electron chi connectivity index (χ2n) is 9.33. The summed E-state index contributed by atoms with van der Waals surface area (Å²) in [6, 6.07) is 22.4. The molecule has 0 aromatic heterocycles. The largest absolute Gasteiger partial charge is 0.489 e. The number of amides is 1. The maximum absolute atomic E-state index is 12.8. The number of hydrogen-bond donors (Lipinski definition) is 2. The van der Waals surface area contributed by atoms with Gasteiger partial charge in [0.25, 0.3) is 5.91 Å². The predicted octanol–water partition coefficient (Wildman–Crippen LogP) is 6.35. The molecular weight excluding hydrogens is 512 g/mol. The first-order chi connectivity index (χ1) is 18.8. The van der Waals surface area contributed by atoms with E-state index in [1.807, 2.05) is 30.3 Å². The van der Waals surface area contributed by atoms with Crippen molar-refractivity contribution in [2.24, 2.45) is 4.99 Å². The number of likely N-dealkylation sites (N-methyl/N-ethyl adjacent to an activating group) is 1. The number of carboxylic acid groups (broad SMARTS) is 1. The van der Waals surface area contributed by atoms with Gasteiger partial charge in [-0.05, 0) is 77.2 Å². The number of ether oxygens (including phenoxy) is 1. The molecule has 2 N–H and O–H groups in total. The van der Waals surface area contributed by atoms with Gasteiger partial charge in [0.15, 0.2) is 11.3 Å². The van der Waals surface area contributed by atoms with Crippen molar-refractivity contribution < 1.29 is 24.5 Å². The van der Waals surface area contributed by atoms with Gasteiger partial charge >= 0.3 is 5.97 Å². The number of unbranched alkanes of at least 4 members (excludes halogenated alkanes) is 2. The number of carbonyl (C=O) groups excluding carboxylic acids is 1. The van der Waals surface area contributed by atoms with Crippen LogP contribution >= 0.6 is 11.8 Å². The quantitative estimate of drug-likeness (QED) is 0.216. The Balaban J connectivity index is 1.35. The molecule has 1 amide bonds. The maximum atomic E-state index is 12.8. The molecule has 0 aliphatic carbocycles. The lowest BCUT2D eigenvalue weighted by atomic mass is 10.1. The number of benzene rings is 3. The van der Waals surface area contributed by atoms with E-state index in [9.17, 15) is 14.7 Å². The molecule has 4 rings (SSSR count). The molecule has 1 unspecified atom stereocenters. The molecule has 0 bridgehead atoms. The Morgan fingerprint density at radius 2 is 1.67 bits per heavy atom. The fourth-order valence-corrected chi connectivity index (χ4v) is 4.98.